The molecular formula is C18H23NO2. The van der Waals surface area contributed by atoms with E-state index in [-0.39, 0.29) is 5.92 Å². The van der Waals surface area contributed by atoms with Crippen molar-refractivity contribution in [3.05, 3.63) is 59.9 Å². The maximum Gasteiger partial charge on any atom is 0.119 e. The summed E-state index contributed by atoms with van der Waals surface area (Å²) in [7, 11) is 0. The number of rotatable bonds is 6. The Bertz CT molecular complexity index is 551. The predicted octanol–water partition coefficient (Wildman–Crippen LogP) is 3.76. The normalized spacial score (nSPS) is 14.0. The van der Waals surface area contributed by atoms with Gasteiger partial charge in [-0.25, -0.2) is 0 Å². The topological polar surface area (TPSA) is 42.4 Å². The Morgan fingerprint density at radius 1 is 1.14 bits per heavy atom. The molecule has 1 unspecified atom stereocenters. The zero-order valence-corrected chi connectivity index (χ0v) is 12.9. The molecule has 112 valence electrons. The monoisotopic (exact) mass is 285 g/mol. The van der Waals surface area contributed by atoms with Crippen molar-refractivity contribution in [2.24, 2.45) is 5.92 Å². The smallest absolute Gasteiger partial charge is 0.119 e. The van der Waals surface area contributed by atoms with Crippen molar-refractivity contribution < 1.29 is 9.84 Å². The lowest BCUT2D eigenvalue weighted by atomic mass is 9.78. The van der Waals surface area contributed by atoms with Crippen LogP contribution in [-0.4, -0.2) is 16.7 Å². The first kappa shape index (κ1) is 15.5. The van der Waals surface area contributed by atoms with Crippen molar-refractivity contribution in [3.8, 4) is 5.75 Å². The lowest BCUT2D eigenvalue weighted by Gasteiger charge is -2.33. The van der Waals surface area contributed by atoms with Crippen LogP contribution in [-0.2, 0) is 5.60 Å². The Balaban J connectivity index is 2.35. The summed E-state index contributed by atoms with van der Waals surface area (Å²) in [6, 6.07) is 11.4. The Labute approximate surface area is 126 Å². The highest BCUT2D eigenvalue weighted by molar-refractivity contribution is 5.38. The van der Waals surface area contributed by atoms with Gasteiger partial charge in [0.2, 0.25) is 0 Å². The fourth-order valence-electron chi connectivity index (χ4n) is 2.45. The minimum absolute atomic E-state index is 0.0316. The van der Waals surface area contributed by atoms with E-state index < -0.39 is 5.60 Å². The van der Waals surface area contributed by atoms with E-state index in [9.17, 15) is 5.11 Å². The standard InChI is InChI=1S/C18H23NO2/c1-4-12-21-17-9-7-15(8-10-17)18(20,14(2)3)16-6-5-11-19-13-16/h5-11,13-14,20H,4,12H2,1-3H3. The molecule has 0 aliphatic carbocycles. The molecule has 0 saturated carbocycles. The Kier molecular flexibility index (Phi) is 4.97. The van der Waals surface area contributed by atoms with Crippen LogP contribution in [0.15, 0.2) is 48.8 Å². The molecule has 1 heterocycles. The van der Waals surface area contributed by atoms with Crippen molar-refractivity contribution in [3.63, 3.8) is 0 Å². The molecule has 0 amide bonds. The average Bonchev–Trinajstić information content (AvgIpc) is 2.53. The maximum absolute atomic E-state index is 11.2. The van der Waals surface area contributed by atoms with Crippen molar-refractivity contribution in [2.75, 3.05) is 6.61 Å². The van der Waals surface area contributed by atoms with Gasteiger partial charge in [-0.2, -0.15) is 0 Å². The second-order valence-corrected chi connectivity index (χ2v) is 5.54. The van der Waals surface area contributed by atoms with Crippen LogP contribution in [0.5, 0.6) is 5.75 Å². The minimum atomic E-state index is -1.04. The molecule has 2 rings (SSSR count). The summed E-state index contributed by atoms with van der Waals surface area (Å²) in [4.78, 5) is 4.13. The SMILES string of the molecule is CCCOc1ccc(C(O)(c2cccnc2)C(C)C)cc1. The van der Waals surface area contributed by atoms with Crippen LogP contribution in [0.2, 0.25) is 0 Å². The van der Waals surface area contributed by atoms with E-state index in [0.29, 0.717) is 6.61 Å². The maximum atomic E-state index is 11.2. The molecular weight excluding hydrogens is 262 g/mol. The summed E-state index contributed by atoms with van der Waals surface area (Å²) >= 11 is 0. The number of benzene rings is 1. The fraction of sp³-hybridized carbons (Fsp3) is 0.389. The van der Waals surface area contributed by atoms with Gasteiger partial charge in [0.1, 0.15) is 11.4 Å². The third-order valence-corrected chi connectivity index (χ3v) is 3.70. The largest absolute Gasteiger partial charge is 0.494 e. The summed E-state index contributed by atoms with van der Waals surface area (Å²) in [5, 5.41) is 11.2. The third kappa shape index (κ3) is 3.24. The quantitative estimate of drug-likeness (QED) is 0.878. The van der Waals surface area contributed by atoms with Gasteiger partial charge in [0.25, 0.3) is 0 Å². The molecule has 0 radical (unpaired) electrons. The Morgan fingerprint density at radius 3 is 2.38 bits per heavy atom. The highest BCUT2D eigenvalue weighted by Crippen LogP contribution is 2.36. The van der Waals surface area contributed by atoms with Crippen molar-refractivity contribution in [2.45, 2.75) is 32.8 Å². The first-order valence-corrected chi connectivity index (χ1v) is 7.45. The van der Waals surface area contributed by atoms with Gasteiger partial charge in [-0.15, -0.1) is 0 Å². The highest BCUT2D eigenvalue weighted by atomic mass is 16.5. The molecule has 3 nitrogen and oxygen atoms in total. The third-order valence-electron chi connectivity index (χ3n) is 3.70. The van der Waals surface area contributed by atoms with Gasteiger partial charge in [-0.1, -0.05) is 39.0 Å². The molecule has 0 aliphatic heterocycles. The van der Waals surface area contributed by atoms with Crippen LogP contribution >= 0.6 is 0 Å². The summed E-state index contributed by atoms with van der Waals surface area (Å²) in [6.45, 7) is 6.80. The molecule has 0 fully saturated rings. The molecule has 1 N–H and O–H groups in total. The van der Waals surface area contributed by atoms with E-state index in [1.165, 1.54) is 0 Å². The summed E-state index contributed by atoms with van der Waals surface area (Å²) in [5.41, 5.74) is 0.619. The van der Waals surface area contributed by atoms with E-state index >= 15 is 0 Å². The number of hydrogen-bond acceptors (Lipinski definition) is 3. The number of aliphatic hydroxyl groups is 1. The van der Waals surface area contributed by atoms with Gasteiger partial charge < -0.3 is 9.84 Å². The molecule has 0 spiro atoms. The predicted molar refractivity (Wildman–Crippen MR) is 84.3 cm³/mol. The van der Waals surface area contributed by atoms with Gasteiger partial charge in [0.15, 0.2) is 0 Å². The van der Waals surface area contributed by atoms with Crippen LogP contribution in [0.3, 0.4) is 0 Å². The van der Waals surface area contributed by atoms with Crippen molar-refractivity contribution in [1.29, 1.82) is 0 Å². The number of aromatic nitrogens is 1. The number of nitrogens with zero attached hydrogens (tertiary/aromatic N) is 1. The summed E-state index contributed by atoms with van der Waals surface area (Å²) in [5.74, 6) is 0.863. The fourth-order valence-corrected chi connectivity index (χ4v) is 2.45. The van der Waals surface area contributed by atoms with Crippen LogP contribution in [0.1, 0.15) is 38.3 Å². The molecule has 0 aliphatic rings. The van der Waals surface area contributed by atoms with Crippen molar-refractivity contribution >= 4 is 0 Å². The van der Waals surface area contributed by atoms with Gasteiger partial charge in [0.05, 0.1) is 6.61 Å². The second-order valence-electron chi connectivity index (χ2n) is 5.54. The molecule has 0 saturated heterocycles. The zero-order chi connectivity index (χ0) is 15.3. The van der Waals surface area contributed by atoms with E-state index in [2.05, 4.69) is 11.9 Å². The van der Waals surface area contributed by atoms with Crippen LogP contribution in [0.25, 0.3) is 0 Å². The lowest BCUT2D eigenvalue weighted by molar-refractivity contribution is 0.0314. The van der Waals surface area contributed by atoms with E-state index in [0.717, 1.165) is 23.3 Å². The number of pyridine rings is 1. The summed E-state index contributed by atoms with van der Waals surface area (Å²) < 4.78 is 5.60. The van der Waals surface area contributed by atoms with E-state index in [4.69, 9.17) is 4.74 Å². The highest BCUT2D eigenvalue weighted by Gasteiger charge is 2.35. The first-order chi connectivity index (χ1) is 10.1. The van der Waals surface area contributed by atoms with Crippen molar-refractivity contribution in [1.82, 2.24) is 4.98 Å². The molecule has 1 atom stereocenters. The summed E-state index contributed by atoms with van der Waals surface area (Å²) in [6.07, 6.45) is 4.42. The van der Waals surface area contributed by atoms with E-state index in [1.807, 2.05) is 50.2 Å². The zero-order valence-electron chi connectivity index (χ0n) is 12.9. The molecule has 2 aromatic rings. The molecule has 1 aromatic carbocycles. The minimum Gasteiger partial charge on any atom is -0.494 e. The Hall–Kier alpha value is -1.87. The molecule has 0 bridgehead atoms. The Morgan fingerprint density at radius 2 is 1.86 bits per heavy atom. The van der Waals surface area contributed by atoms with Gasteiger partial charge in [-0.3, -0.25) is 4.98 Å². The molecule has 3 heteroatoms. The van der Waals surface area contributed by atoms with Crippen LogP contribution < -0.4 is 4.74 Å². The van der Waals surface area contributed by atoms with Crippen LogP contribution in [0, 0.1) is 5.92 Å². The van der Waals surface area contributed by atoms with Gasteiger partial charge in [0, 0.05) is 18.0 Å². The molecule has 21 heavy (non-hydrogen) atoms. The lowest BCUT2D eigenvalue weighted by Crippen LogP contribution is -2.33. The number of ether oxygens (including phenoxy) is 1. The van der Waals surface area contributed by atoms with E-state index in [1.54, 1.807) is 12.4 Å². The second kappa shape index (κ2) is 6.72. The average molecular weight is 285 g/mol. The number of hydrogen-bond donors (Lipinski definition) is 1. The van der Waals surface area contributed by atoms with Crippen LogP contribution in [0.4, 0.5) is 0 Å². The molecule has 1 aromatic heterocycles. The first-order valence-electron chi connectivity index (χ1n) is 7.45. The van der Waals surface area contributed by atoms with Gasteiger partial charge in [-0.05, 0) is 36.1 Å². The van der Waals surface area contributed by atoms with Gasteiger partial charge >= 0.3 is 0 Å².